The Morgan fingerprint density at radius 2 is 2.15 bits per heavy atom. The Bertz CT molecular complexity index is 655. The molecule has 2 rings (SSSR count). The van der Waals surface area contributed by atoms with E-state index in [1.54, 1.807) is 23.5 Å². The molecule has 20 heavy (non-hydrogen) atoms. The van der Waals surface area contributed by atoms with Crippen LogP contribution in [0, 0.1) is 13.8 Å². The summed E-state index contributed by atoms with van der Waals surface area (Å²) in [7, 11) is 0. The van der Waals surface area contributed by atoms with Crippen molar-refractivity contribution in [2.24, 2.45) is 0 Å². The molecule has 0 amide bonds. The van der Waals surface area contributed by atoms with Gasteiger partial charge in [0, 0.05) is 15.0 Å². The standard InChI is InChI=1S/C14H15BrN2O2S/c1-7-13(20-9(3)16-7)8(2)17-12-5-4-10(15)6-11(12)14(18)19/h4-6,8,17H,1-3H3,(H,18,19). The molecular weight excluding hydrogens is 340 g/mol. The van der Waals surface area contributed by atoms with Crippen LogP contribution in [-0.2, 0) is 0 Å². The monoisotopic (exact) mass is 354 g/mol. The summed E-state index contributed by atoms with van der Waals surface area (Å²) in [5.41, 5.74) is 1.85. The smallest absolute Gasteiger partial charge is 0.337 e. The van der Waals surface area contributed by atoms with Gasteiger partial charge in [-0.05, 0) is 39.0 Å². The van der Waals surface area contributed by atoms with Gasteiger partial charge in [0.1, 0.15) is 0 Å². The number of nitrogens with one attached hydrogen (secondary N) is 1. The molecule has 0 saturated heterocycles. The zero-order valence-electron chi connectivity index (χ0n) is 11.4. The zero-order chi connectivity index (χ0) is 14.9. The van der Waals surface area contributed by atoms with E-state index in [4.69, 9.17) is 0 Å². The van der Waals surface area contributed by atoms with Gasteiger partial charge in [0.2, 0.25) is 0 Å². The highest BCUT2D eigenvalue weighted by Gasteiger charge is 2.16. The number of carbonyl (C=O) groups is 1. The van der Waals surface area contributed by atoms with E-state index in [1.165, 1.54) is 0 Å². The molecule has 106 valence electrons. The lowest BCUT2D eigenvalue weighted by molar-refractivity contribution is 0.0698. The number of hydrogen-bond acceptors (Lipinski definition) is 4. The first kappa shape index (κ1) is 15.0. The topological polar surface area (TPSA) is 62.2 Å². The Balaban J connectivity index is 2.30. The largest absolute Gasteiger partial charge is 0.478 e. The molecule has 1 unspecified atom stereocenters. The quantitative estimate of drug-likeness (QED) is 0.854. The van der Waals surface area contributed by atoms with E-state index in [-0.39, 0.29) is 11.6 Å². The van der Waals surface area contributed by atoms with Gasteiger partial charge >= 0.3 is 5.97 Å². The van der Waals surface area contributed by atoms with Gasteiger partial charge in [-0.15, -0.1) is 11.3 Å². The molecule has 0 fully saturated rings. The number of thiazole rings is 1. The number of carboxylic acid groups (broad SMARTS) is 1. The Morgan fingerprint density at radius 3 is 2.70 bits per heavy atom. The molecule has 6 heteroatoms. The lowest BCUT2D eigenvalue weighted by Gasteiger charge is -2.16. The number of halogens is 1. The highest BCUT2D eigenvalue weighted by atomic mass is 79.9. The number of anilines is 1. The maximum Gasteiger partial charge on any atom is 0.337 e. The highest BCUT2D eigenvalue weighted by molar-refractivity contribution is 9.10. The lowest BCUT2D eigenvalue weighted by Crippen LogP contribution is -2.10. The maximum atomic E-state index is 11.3. The number of aromatic carboxylic acids is 1. The van der Waals surface area contributed by atoms with Crippen LogP contribution in [0.3, 0.4) is 0 Å². The van der Waals surface area contributed by atoms with E-state index in [0.717, 1.165) is 20.1 Å². The predicted octanol–water partition coefficient (Wildman–Crippen LogP) is 4.39. The summed E-state index contributed by atoms with van der Waals surface area (Å²) in [5, 5.41) is 13.5. The van der Waals surface area contributed by atoms with Crippen LogP contribution in [0.4, 0.5) is 5.69 Å². The van der Waals surface area contributed by atoms with Gasteiger partial charge in [0.05, 0.1) is 22.3 Å². The summed E-state index contributed by atoms with van der Waals surface area (Å²) in [5.74, 6) is -0.946. The van der Waals surface area contributed by atoms with E-state index in [0.29, 0.717) is 5.69 Å². The van der Waals surface area contributed by atoms with Crippen LogP contribution in [0.1, 0.15) is 38.9 Å². The molecule has 1 aromatic carbocycles. The Hall–Kier alpha value is -1.40. The molecule has 0 aliphatic carbocycles. The molecule has 1 aromatic heterocycles. The molecule has 0 radical (unpaired) electrons. The Morgan fingerprint density at radius 1 is 1.45 bits per heavy atom. The SMILES string of the molecule is Cc1nc(C)c(C(C)Nc2ccc(Br)cc2C(=O)O)s1. The van der Waals surface area contributed by atoms with Crippen molar-refractivity contribution in [3.8, 4) is 0 Å². The van der Waals surface area contributed by atoms with Crippen molar-refractivity contribution in [2.45, 2.75) is 26.8 Å². The van der Waals surface area contributed by atoms with E-state index >= 15 is 0 Å². The lowest BCUT2D eigenvalue weighted by atomic mass is 10.1. The van der Waals surface area contributed by atoms with Crippen LogP contribution < -0.4 is 5.32 Å². The Labute approximate surface area is 130 Å². The summed E-state index contributed by atoms with van der Waals surface area (Å²) >= 11 is 4.92. The number of hydrogen-bond donors (Lipinski definition) is 2. The van der Waals surface area contributed by atoms with Crippen molar-refractivity contribution in [1.29, 1.82) is 0 Å². The number of nitrogens with zero attached hydrogens (tertiary/aromatic N) is 1. The number of carboxylic acids is 1. The molecule has 0 spiro atoms. The molecule has 1 atom stereocenters. The molecule has 0 aliphatic rings. The summed E-state index contributed by atoms with van der Waals surface area (Å²) in [6.07, 6.45) is 0. The molecular formula is C14H15BrN2O2S. The van der Waals surface area contributed by atoms with Crippen LogP contribution in [0.25, 0.3) is 0 Å². The van der Waals surface area contributed by atoms with E-state index in [2.05, 4.69) is 26.2 Å². The van der Waals surface area contributed by atoms with Crippen molar-refractivity contribution in [1.82, 2.24) is 4.98 Å². The van der Waals surface area contributed by atoms with Crippen LogP contribution in [0.2, 0.25) is 0 Å². The third-order valence-electron chi connectivity index (χ3n) is 2.92. The molecule has 2 aromatic rings. The van der Waals surface area contributed by atoms with Crippen LogP contribution in [0.5, 0.6) is 0 Å². The average Bonchev–Trinajstić information content (AvgIpc) is 2.70. The average molecular weight is 355 g/mol. The maximum absolute atomic E-state index is 11.3. The van der Waals surface area contributed by atoms with Gasteiger partial charge in [0.15, 0.2) is 0 Å². The van der Waals surface area contributed by atoms with Crippen molar-refractivity contribution in [3.05, 3.63) is 43.8 Å². The van der Waals surface area contributed by atoms with Crippen LogP contribution in [-0.4, -0.2) is 16.1 Å². The first-order valence-corrected chi connectivity index (χ1v) is 7.72. The van der Waals surface area contributed by atoms with Gasteiger partial charge in [-0.25, -0.2) is 9.78 Å². The number of aromatic nitrogens is 1. The molecule has 2 N–H and O–H groups in total. The second kappa shape index (κ2) is 5.93. The third kappa shape index (κ3) is 3.19. The summed E-state index contributed by atoms with van der Waals surface area (Å²) in [6, 6.07) is 5.21. The first-order valence-electron chi connectivity index (χ1n) is 6.11. The molecule has 0 bridgehead atoms. The van der Waals surface area contributed by atoms with Crippen LogP contribution >= 0.6 is 27.3 Å². The van der Waals surface area contributed by atoms with Gasteiger partial charge in [0.25, 0.3) is 0 Å². The van der Waals surface area contributed by atoms with Crippen molar-refractivity contribution < 1.29 is 9.90 Å². The molecule has 0 aliphatic heterocycles. The molecule has 4 nitrogen and oxygen atoms in total. The fourth-order valence-corrected chi connectivity index (χ4v) is 3.36. The summed E-state index contributed by atoms with van der Waals surface area (Å²) in [6.45, 7) is 5.94. The van der Waals surface area contributed by atoms with E-state index < -0.39 is 5.97 Å². The molecule has 1 heterocycles. The number of rotatable bonds is 4. The second-order valence-corrected chi connectivity index (χ2v) is 6.69. The molecule has 0 saturated carbocycles. The fourth-order valence-electron chi connectivity index (χ4n) is 2.07. The van der Waals surface area contributed by atoms with Crippen molar-refractivity contribution in [3.63, 3.8) is 0 Å². The first-order chi connectivity index (χ1) is 9.38. The highest BCUT2D eigenvalue weighted by Crippen LogP contribution is 2.29. The fraction of sp³-hybridized carbons (Fsp3) is 0.286. The number of aryl methyl sites for hydroxylation is 2. The second-order valence-electron chi connectivity index (χ2n) is 4.54. The minimum atomic E-state index is -0.946. The third-order valence-corrected chi connectivity index (χ3v) is 4.67. The predicted molar refractivity (Wildman–Crippen MR) is 84.7 cm³/mol. The van der Waals surface area contributed by atoms with Gasteiger partial charge in [-0.3, -0.25) is 0 Å². The van der Waals surface area contributed by atoms with Gasteiger partial charge in [-0.2, -0.15) is 0 Å². The summed E-state index contributed by atoms with van der Waals surface area (Å²) < 4.78 is 0.748. The summed E-state index contributed by atoms with van der Waals surface area (Å²) in [4.78, 5) is 16.8. The minimum Gasteiger partial charge on any atom is -0.478 e. The van der Waals surface area contributed by atoms with Gasteiger partial charge in [-0.1, -0.05) is 15.9 Å². The van der Waals surface area contributed by atoms with Crippen molar-refractivity contribution in [2.75, 3.05) is 5.32 Å². The van der Waals surface area contributed by atoms with Crippen LogP contribution in [0.15, 0.2) is 22.7 Å². The number of benzene rings is 1. The Kier molecular flexibility index (Phi) is 4.45. The van der Waals surface area contributed by atoms with E-state index in [1.807, 2.05) is 26.8 Å². The van der Waals surface area contributed by atoms with Crippen molar-refractivity contribution >= 4 is 38.9 Å². The normalized spacial score (nSPS) is 12.2. The van der Waals surface area contributed by atoms with E-state index in [9.17, 15) is 9.90 Å². The zero-order valence-corrected chi connectivity index (χ0v) is 13.8. The van der Waals surface area contributed by atoms with Gasteiger partial charge < -0.3 is 10.4 Å². The minimum absolute atomic E-state index is 0.0143.